The zero-order chi connectivity index (χ0) is 25.8. The molecular weight excluding hydrogens is 451 g/mol. The van der Waals surface area contributed by atoms with Gasteiger partial charge in [-0.15, -0.1) is 0 Å². The number of hydrogen-bond acceptors (Lipinski definition) is 4. The van der Waals surface area contributed by atoms with Gasteiger partial charge in [0.2, 0.25) is 5.67 Å². The molecule has 0 aliphatic heterocycles. The molecule has 1 aromatic heterocycles. The topological polar surface area (TPSA) is 52.1 Å². The lowest BCUT2D eigenvalue weighted by atomic mass is 9.98. The predicted molar refractivity (Wildman–Crippen MR) is 145 cm³/mol. The molecule has 1 unspecified atom stereocenters. The lowest BCUT2D eigenvalue weighted by Crippen LogP contribution is -2.34. The Bertz CT molecular complexity index is 1080. The van der Waals surface area contributed by atoms with Crippen molar-refractivity contribution in [3.05, 3.63) is 66.5 Å². The van der Waals surface area contributed by atoms with E-state index < -0.39 is 11.6 Å². The Kier molecular flexibility index (Phi) is 10.6. The highest BCUT2D eigenvalue weighted by Crippen LogP contribution is 2.32. The van der Waals surface area contributed by atoms with Crippen LogP contribution in [0.1, 0.15) is 84.1 Å². The van der Waals surface area contributed by atoms with Gasteiger partial charge in [-0.25, -0.2) is 19.2 Å². The van der Waals surface area contributed by atoms with Crippen LogP contribution in [0.2, 0.25) is 0 Å². The highest BCUT2D eigenvalue weighted by atomic mass is 19.1. The molecule has 0 radical (unpaired) electrons. The number of unbranched alkanes of at least 4 members (excludes halogenated alkanes) is 6. The van der Waals surface area contributed by atoms with Gasteiger partial charge in [-0.05, 0) is 61.4 Å². The predicted octanol–water partition coefficient (Wildman–Crippen LogP) is 8.54. The number of ether oxygens (including phenoxy) is 1. The summed E-state index contributed by atoms with van der Waals surface area (Å²) in [5, 5.41) is 0. The number of alkyl halides is 1. The smallest absolute Gasteiger partial charge is 0.348 e. The Morgan fingerprint density at radius 2 is 1.44 bits per heavy atom. The number of aromatic nitrogens is 2. The summed E-state index contributed by atoms with van der Waals surface area (Å²) in [6.45, 7) is 5.62. The molecule has 0 amide bonds. The van der Waals surface area contributed by atoms with Crippen LogP contribution in [0.5, 0.6) is 5.75 Å². The van der Waals surface area contributed by atoms with E-state index in [1.165, 1.54) is 26.2 Å². The lowest BCUT2D eigenvalue weighted by molar-refractivity contribution is -0.147. The van der Waals surface area contributed by atoms with Crippen LogP contribution in [0, 0.1) is 0 Å². The number of carbonyl (C=O) groups is 1. The van der Waals surface area contributed by atoms with Gasteiger partial charge in [0, 0.05) is 18.0 Å². The molecule has 36 heavy (non-hydrogen) atoms. The number of halogens is 1. The fourth-order valence-corrected chi connectivity index (χ4v) is 4.21. The Balaban J connectivity index is 1.67. The summed E-state index contributed by atoms with van der Waals surface area (Å²) >= 11 is 0. The third kappa shape index (κ3) is 7.97. The van der Waals surface area contributed by atoms with E-state index in [4.69, 9.17) is 4.74 Å². The number of carbonyl (C=O) groups excluding carboxylic acids is 1. The number of hydrogen-bond donors (Lipinski definition) is 0. The zero-order valence-electron chi connectivity index (χ0n) is 21.9. The molecule has 1 atom stereocenters. The molecule has 5 heteroatoms. The average molecular weight is 491 g/mol. The van der Waals surface area contributed by atoms with E-state index in [-0.39, 0.29) is 6.42 Å². The summed E-state index contributed by atoms with van der Waals surface area (Å²) in [6, 6.07) is 15.1. The van der Waals surface area contributed by atoms with Gasteiger partial charge in [0.15, 0.2) is 5.82 Å². The molecular formula is C31H39FN2O2. The van der Waals surface area contributed by atoms with E-state index in [2.05, 4.69) is 23.8 Å². The average Bonchev–Trinajstić information content (AvgIpc) is 2.90. The van der Waals surface area contributed by atoms with Crippen LogP contribution in [0.15, 0.2) is 60.9 Å². The summed E-state index contributed by atoms with van der Waals surface area (Å²) in [7, 11) is 0. The fraction of sp³-hybridized carbons (Fsp3) is 0.452. The minimum absolute atomic E-state index is 0.175. The third-order valence-corrected chi connectivity index (χ3v) is 6.49. The van der Waals surface area contributed by atoms with Crippen molar-refractivity contribution in [2.45, 2.75) is 90.6 Å². The quantitative estimate of drug-likeness (QED) is 0.129. The van der Waals surface area contributed by atoms with Gasteiger partial charge in [0.25, 0.3) is 0 Å². The van der Waals surface area contributed by atoms with Gasteiger partial charge >= 0.3 is 5.97 Å². The van der Waals surface area contributed by atoms with Crippen LogP contribution in [-0.2, 0) is 11.2 Å². The first-order chi connectivity index (χ1) is 17.4. The minimum atomic E-state index is -1.99. The van der Waals surface area contributed by atoms with Crippen molar-refractivity contribution >= 4 is 5.97 Å². The highest BCUT2D eigenvalue weighted by Gasteiger charge is 2.34. The van der Waals surface area contributed by atoms with E-state index in [9.17, 15) is 9.18 Å². The number of esters is 1. The standard InChI is InChI=1S/C31H39FN2O2/c1-4-6-8-10-14-24-22-33-29(34-23-24)28-16-12-11-15-27(28)25-17-19-26(20-18-25)36-30(35)31(3,32)21-13-9-7-5-2/h11-12,15-20,22-23H,4-10,13-14,21H2,1-3H3. The Morgan fingerprint density at radius 1 is 0.833 bits per heavy atom. The second-order valence-corrected chi connectivity index (χ2v) is 9.69. The summed E-state index contributed by atoms with van der Waals surface area (Å²) in [5.41, 5.74) is 2.03. The summed E-state index contributed by atoms with van der Waals surface area (Å²) < 4.78 is 20.2. The van der Waals surface area contributed by atoms with E-state index in [1.807, 2.05) is 48.8 Å². The van der Waals surface area contributed by atoms with Gasteiger partial charge in [0.05, 0.1) is 0 Å². The second-order valence-electron chi connectivity index (χ2n) is 9.69. The first kappa shape index (κ1) is 27.5. The molecule has 0 aliphatic rings. The normalized spacial score (nSPS) is 12.8. The molecule has 3 rings (SSSR count). The first-order valence-electron chi connectivity index (χ1n) is 13.4. The van der Waals surface area contributed by atoms with E-state index in [0.29, 0.717) is 18.0 Å². The SMILES string of the molecule is CCCCCCc1cnc(-c2ccccc2-c2ccc(OC(=O)C(C)(F)CCCCCC)cc2)nc1. The minimum Gasteiger partial charge on any atom is -0.424 e. The van der Waals surface area contributed by atoms with Gasteiger partial charge in [-0.3, -0.25) is 0 Å². The van der Waals surface area contributed by atoms with Crippen LogP contribution in [-0.4, -0.2) is 21.6 Å². The monoisotopic (exact) mass is 490 g/mol. The molecule has 4 nitrogen and oxygen atoms in total. The zero-order valence-corrected chi connectivity index (χ0v) is 21.9. The summed E-state index contributed by atoms with van der Waals surface area (Å²) in [5.74, 6) is 0.173. The number of rotatable bonds is 14. The molecule has 0 fully saturated rings. The molecule has 0 bridgehead atoms. The summed E-state index contributed by atoms with van der Waals surface area (Å²) in [6.07, 6.45) is 13.6. The van der Waals surface area contributed by atoms with Crippen LogP contribution in [0.25, 0.3) is 22.5 Å². The van der Waals surface area contributed by atoms with Crippen molar-refractivity contribution in [3.63, 3.8) is 0 Å². The molecule has 0 N–H and O–H groups in total. The molecule has 0 spiro atoms. The van der Waals surface area contributed by atoms with Crippen molar-refractivity contribution in [1.29, 1.82) is 0 Å². The maximum absolute atomic E-state index is 14.8. The Labute approximate surface area is 215 Å². The number of benzene rings is 2. The maximum Gasteiger partial charge on any atom is 0.348 e. The van der Waals surface area contributed by atoms with Crippen molar-refractivity contribution in [1.82, 2.24) is 9.97 Å². The summed E-state index contributed by atoms with van der Waals surface area (Å²) in [4.78, 5) is 21.7. The van der Waals surface area contributed by atoms with E-state index in [0.717, 1.165) is 54.4 Å². The second kappa shape index (κ2) is 13.9. The Hall–Kier alpha value is -3.08. The molecule has 1 heterocycles. The Morgan fingerprint density at radius 3 is 2.08 bits per heavy atom. The molecule has 192 valence electrons. The molecule has 2 aromatic carbocycles. The van der Waals surface area contributed by atoms with Crippen molar-refractivity contribution in [2.24, 2.45) is 0 Å². The first-order valence-corrected chi connectivity index (χ1v) is 13.4. The largest absolute Gasteiger partial charge is 0.424 e. The van der Waals surface area contributed by atoms with E-state index >= 15 is 0 Å². The third-order valence-electron chi connectivity index (χ3n) is 6.49. The van der Waals surface area contributed by atoms with Crippen molar-refractivity contribution in [3.8, 4) is 28.3 Å². The molecule has 0 saturated heterocycles. The van der Waals surface area contributed by atoms with Crippen LogP contribution in [0.4, 0.5) is 4.39 Å². The van der Waals surface area contributed by atoms with Crippen molar-refractivity contribution < 1.29 is 13.9 Å². The molecule has 3 aromatic rings. The molecule has 0 saturated carbocycles. The van der Waals surface area contributed by atoms with Crippen LogP contribution in [0.3, 0.4) is 0 Å². The molecule has 0 aliphatic carbocycles. The van der Waals surface area contributed by atoms with Gasteiger partial charge in [-0.1, -0.05) is 88.8 Å². The fourth-order valence-electron chi connectivity index (χ4n) is 4.21. The van der Waals surface area contributed by atoms with Crippen LogP contribution < -0.4 is 4.74 Å². The van der Waals surface area contributed by atoms with Crippen LogP contribution >= 0.6 is 0 Å². The number of aryl methyl sites for hydroxylation is 1. The highest BCUT2D eigenvalue weighted by molar-refractivity contribution is 5.82. The van der Waals surface area contributed by atoms with E-state index in [1.54, 1.807) is 12.1 Å². The van der Waals surface area contributed by atoms with Gasteiger partial charge in [-0.2, -0.15) is 0 Å². The maximum atomic E-state index is 14.8. The van der Waals surface area contributed by atoms with Gasteiger partial charge in [0.1, 0.15) is 5.75 Å². The van der Waals surface area contributed by atoms with Crippen molar-refractivity contribution in [2.75, 3.05) is 0 Å². The lowest BCUT2D eigenvalue weighted by Gasteiger charge is -2.18. The number of nitrogens with zero attached hydrogens (tertiary/aromatic N) is 2. The van der Waals surface area contributed by atoms with Gasteiger partial charge < -0.3 is 4.74 Å².